The number of alkyl halides is 2. The maximum absolute atomic E-state index is 13.0. The third-order valence-electron chi connectivity index (χ3n) is 7.36. The van der Waals surface area contributed by atoms with E-state index in [0.29, 0.717) is 29.7 Å². The van der Waals surface area contributed by atoms with Gasteiger partial charge in [0, 0.05) is 37.2 Å². The maximum atomic E-state index is 13.0. The molecular formula is C24H32F2N4O2S2. The molecule has 0 aromatic carbocycles. The minimum atomic E-state index is -2.56. The zero-order valence-corrected chi connectivity index (χ0v) is 21.2. The largest absolute Gasteiger partial charge is 0.466 e. The molecule has 2 fully saturated rings. The summed E-state index contributed by atoms with van der Waals surface area (Å²) >= 11 is 3.04. The highest BCUT2D eigenvalue weighted by Gasteiger charge is 2.47. The molecule has 6 nitrogen and oxygen atoms in total. The van der Waals surface area contributed by atoms with Crippen LogP contribution in [0.1, 0.15) is 72.0 Å². The van der Waals surface area contributed by atoms with Crippen molar-refractivity contribution in [3.8, 4) is 5.19 Å². The summed E-state index contributed by atoms with van der Waals surface area (Å²) in [5.74, 6) is -1.03. The van der Waals surface area contributed by atoms with Crippen molar-refractivity contribution in [2.45, 2.75) is 89.7 Å². The summed E-state index contributed by atoms with van der Waals surface area (Å²) in [5, 5.41) is 10.4. The predicted octanol–water partition coefficient (Wildman–Crippen LogP) is 5.24. The molecule has 0 unspecified atom stereocenters. The van der Waals surface area contributed by atoms with E-state index in [1.807, 2.05) is 6.92 Å². The average Bonchev–Trinajstić information content (AvgIpc) is 3.36. The number of thiazole rings is 1. The fourth-order valence-corrected chi connectivity index (χ4v) is 7.07. The predicted molar refractivity (Wildman–Crippen MR) is 128 cm³/mol. The summed E-state index contributed by atoms with van der Waals surface area (Å²) < 4.78 is 31.8. The standard InChI is InChI=1S/C24H32F2N4O2S2/c1-15-28-29-22(33-15)11-18(31)10-17-4-2-16(3-5-17)6-8-30-9-7-21-20(14-30)27-23(34-21)32-19-12-24(25,26)13-19/h16-17,19H,2-14H2,1H3. The van der Waals surface area contributed by atoms with Crippen molar-refractivity contribution in [3.63, 3.8) is 0 Å². The molecule has 1 aliphatic heterocycles. The van der Waals surface area contributed by atoms with Crippen LogP contribution in [0.3, 0.4) is 0 Å². The number of aryl methyl sites for hydroxylation is 1. The first-order valence-corrected chi connectivity index (χ1v) is 14.0. The van der Waals surface area contributed by atoms with Gasteiger partial charge in [-0.3, -0.25) is 9.69 Å². The van der Waals surface area contributed by atoms with Crippen molar-refractivity contribution in [2.24, 2.45) is 11.8 Å². The van der Waals surface area contributed by atoms with Crippen LogP contribution in [0, 0.1) is 18.8 Å². The molecule has 2 aromatic heterocycles. The molecule has 186 valence electrons. The molecule has 0 radical (unpaired) electrons. The number of rotatable bonds is 9. The van der Waals surface area contributed by atoms with Gasteiger partial charge in [0.15, 0.2) is 0 Å². The highest BCUT2D eigenvalue weighted by atomic mass is 32.1. The van der Waals surface area contributed by atoms with Crippen molar-refractivity contribution in [1.82, 2.24) is 20.1 Å². The average molecular weight is 511 g/mol. The van der Waals surface area contributed by atoms with Gasteiger partial charge in [-0.05, 0) is 51.0 Å². The Balaban J connectivity index is 1.00. The second-order valence-electron chi connectivity index (χ2n) is 10.2. The SMILES string of the molecule is Cc1nnc(CC(=O)CC2CCC(CCN3CCc4sc(OC5CC(F)(F)C5)nc4C3)CC2)s1. The van der Waals surface area contributed by atoms with Gasteiger partial charge in [0.1, 0.15) is 21.9 Å². The molecule has 0 atom stereocenters. The molecule has 0 N–H and O–H groups in total. The smallest absolute Gasteiger partial charge is 0.273 e. The lowest BCUT2D eigenvalue weighted by atomic mass is 9.78. The molecule has 3 heterocycles. The number of fused-ring (bicyclic) bond motifs is 1. The molecule has 10 heteroatoms. The van der Waals surface area contributed by atoms with Crippen LogP contribution in [0.15, 0.2) is 0 Å². The van der Waals surface area contributed by atoms with Crippen LogP contribution in [-0.2, 0) is 24.2 Å². The summed E-state index contributed by atoms with van der Waals surface area (Å²) in [6, 6.07) is 0. The highest BCUT2D eigenvalue weighted by Crippen LogP contribution is 2.41. The molecule has 5 rings (SSSR count). The van der Waals surface area contributed by atoms with E-state index in [9.17, 15) is 13.6 Å². The summed E-state index contributed by atoms with van der Waals surface area (Å²) in [5.41, 5.74) is 1.06. The van der Waals surface area contributed by atoms with E-state index in [2.05, 4.69) is 20.1 Å². The van der Waals surface area contributed by atoms with E-state index in [-0.39, 0.29) is 12.8 Å². The van der Waals surface area contributed by atoms with Gasteiger partial charge in [0.25, 0.3) is 11.1 Å². The molecule has 2 aromatic rings. The van der Waals surface area contributed by atoms with Gasteiger partial charge in [-0.1, -0.05) is 24.2 Å². The lowest BCUT2D eigenvalue weighted by molar-refractivity contribution is -0.134. The number of halogens is 2. The molecule has 2 saturated carbocycles. The molecular weight excluding hydrogens is 478 g/mol. The number of hydrogen-bond donors (Lipinski definition) is 0. The Morgan fingerprint density at radius 2 is 1.91 bits per heavy atom. The van der Waals surface area contributed by atoms with Crippen molar-refractivity contribution in [1.29, 1.82) is 0 Å². The number of carbonyl (C=O) groups excluding carboxylic acids is 1. The van der Waals surface area contributed by atoms with E-state index in [4.69, 9.17) is 4.74 Å². The first kappa shape index (κ1) is 24.2. The minimum Gasteiger partial charge on any atom is -0.466 e. The number of nitrogens with zero attached hydrogens (tertiary/aromatic N) is 4. The Kier molecular flexibility index (Phi) is 7.27. The minimum absolute atomic E-state index is 0.192. The molecule has 0 bridgehead atoms. The van der Waals surface area contributed by atoms with Crippen LogP contribution in [0.5, 0.6) is 5.19 Å². The second-order valence-corrected chi connectivity index (χ2v) is 12.5. The quantitative estimate of drug-likeness (QED) is 0.460. The van der Waals surface area contributed by atoms with Crippen LogP contribution < -0.4 is 4.74 Å². The summed E-state index contributed by atoms with van der Waals surface area (Å²) in [6.45, 7) is 4.82. The molecule has 3 aliphatic rings. The maximum Gasteiger partial charge on any atom is 0.273 e. The molecule has 2 aliphatic carbocycles. The van der Waals surface area contributed by atoms with E-state index < -0.39 is 12.0 Å². The summed E-state index contributed by atoms with van der Waals surface area (Å²) in [6.07, 6.45) is 7.16. The topological polar surface area (TPSA) is 68.2 Å². The number of aromatic nitrogens is 3. The molecule has 34 heavy (non-hydrogen) atoms. The number of ether oxygens (including phenoxy) is 1. The van der Waals surface area contributed by atoms with Gasteiger partial charge < -0.3 is 4.74 Å². The van der Waals surface area contributed by atoms with Crippen molar-refractivity contribution in [2.75, 3.05) is 13.1 Å². The first-order valence-electron chi connectivity index (χ1n) is 12.4. The zero-order valence-electron chi connectivity index (χ0n) is 19.6. The van der Waals surface area contributed by atoms with E-state index >= 15 is 0 Å². The van der Waals surface area contributed by atoms with E-state index in [1.165, 1.54) is 46.8 Å². The van der Waals surface area contributed by atoms with Crippen LogP contribution in [-0.4, -0.2) is 51.0 Å². The van der Waals surface area contributed by atoms with Gasteiger partial charge in [-0.15, -0.1) is 21.5 Å². The number of carbonyl (C=O) groups is 1. The Morgan fingerprint density at radius 1 is 1.15 bits per heavy atom. The van der Waals surface area contributed by atoms with Crippen LogP contribution in [0.25, 0.3) is 0 Å². The Morgan fingerprint density at radius 3 is 2.62 bits per heavy atom. The number of ketones is 1. The van der Waals surface area contributed by atoms with Gasteiger partial charge in [-0.2, -0.15) is 0 Å². The number of Topliss-reactive ketones (excluding diaryl/α,β-unsaturated/α-hetero) is 1. The molecule has 0 spiro atoms. The lowest BCUT2D eigenvalue weighted by Crippen LogP contribution is -2.43. The summed E-state index contributed by atoms with van der Waals surface area (Å²) in [7, 11) is 0. The Hall–Kier alpha value is -1.52. The fraction of sp³-hybridized carbons (Fsp3) is 0.750. The van der Waals surface area contributed by atoms with Crippen LogP contribution in [0.2, 0.25) is 0 Å². The van der Waals surface area contributed by atoms with Crippen molar-refractivity contribution >= 4 is 28.5 Å². The zero-order chi connectivity index (χ0) is 23.7. The van der Waals surface area contributed by atoms with Crippen LogP contribution in [0.4, 0.5) is 8.78 Å². The molecule has 0 saturated heterocycles. The fourth-order valence-electron chi connectivity index (χ4n) is 5.36. The first-order chi connectivity index (χ1) is 16.3. The van der Waals surface area contributed by atoms with Gasteiger partial charge >= 0.3 is 0 Å². The summed E-state index contributed by atoms with van der Waals surface area (Å²) in [4.78, 5) is 20.7. The van der Waals surface area contributed by atoms with Crippen LogP contribution >= 0.6 is 22.7 Å². The lowest BCUT2D eigenvalue weighted by Gasteiger charge is -2.33. The van der Waals surface area contributed by atoms with Crippen molar-refractivity contribution < 1.29 is 18.3 Å². The second kappa shape index (κ2) is 10.2. The van der Waals surface area contributed by atoms with E-state index in [1.54, 1.807) is 0 Å². The monoisotopic (exact) mass is 510 g/mol. The van der Waals surface area contributed by atoms with E-state index in [0.717, 1.165) is 60.5 Å². The third-order valence-corrected chi connectivity index (χ3v) is 9.25. The van der Waals surface area contributed by atoms with Gasteiger partial charge in [0.2, 0.25) is 0 Å². The highest BCUT2D eigenvalue weighted by molar-refractivity contribution is 7.13. The Labute approximate surface area is 207 Å². The van der Waals surface area contributed by atoms with Gasteiger partial charge in [-0.25, -0.2) is 13.8 Å². The van der Waals surface area contributed by atoms with Gasteiger partial charge in [0.05, 0.1) is 12.1 Å². The normalized spacial score (nSPS) is 25.0. The number of hydrogen-bond acceptors (Lipinski definition) is 8. The Bertz CT molecular complexity index is 995. The molecule has 0 amide bonds. The third kappa shape index (κ3) is 6.18. The van der Waals surface area contributed by atoms with Crippen molar-refractivity contribution in [3.05, 3.63) is 20.6 Å².